The number of hydrogen-bond acceptors (Lipinski definition) is 1. The first kappa shape index (κ1) is 14.7. The molecule has 0 saturated carbocycles. The van der Waals surface area contributed by atoms with Crippen LogP contribution in [0.25, 0.3) is 0 Å². The maximum Gasteiger partial charge on any atom is 0.0470 e. The highest BCUT2D eigenvalue weighted by atomic mass is 14.8. The Balaban J connectivity index is 3.47. The molecule has 0 amide bonds. The Morgan fingerprint density at radius 2 is 1.67 bits per heavy atom. The smallest absolute Gasteiger partial charge is 0.0470 e. The summed E-state index contributed by atoms with van der Waals surface area (Å²) in [6, 6.07) is 0.540. The van der Waals surface area contributed by atoms with Crippen LogP contribution in [0.1, 0.15) is 79.1 Å². The van der Waals surface area contributed by atoms with Gasteiger partial charge in [0.2, 0.25) is 0 Å². The molecule has 0 spiro atoms. The van der Waals surface area contributed by atoms with Crippen molar-refractivity contribution in [1.82, 2.24) is 0 Å². The molecule has 0 aromatic heterocycles. The molecule has 1 heteroatoms. The van der Waals surface area contributed by atoms with E-state index in [9.17, 15) is 0 Å². The van der Waals surface area contributed by atoms with E-state index in [-0.39, 0.29) is 0 Å². The third-order valence-electron chi connectivity index (χ3n) is 2.78. The molecule has 0 aliphatic carbocycles. The summed E-state index contributed by atoms with van der Waals surface area (Å²) in [5.41, 5.74) is 1.33. The lowest BCUT2D eigenvalue weighted by Crippen LogP contribution is -2.02. The summed E-state index contributed by atoms with van der Waals surface area (Å²) < 4.78 is 0. The number of rotatable bonds is 9. The van der Waals surface area contributed by atoms with E-state index in [0.717, 1.165) is 0 Å². The fourth-order valence-corrected chi connectivity index (χ4v) is 1.91. The minimum absolute atomic E-state index is 0.540. The summed E-state index contributed by atoms with van der Waals surface area (Å²) in [7, 11) is 0. The molecule has 0 rings (SSSR count). The summed E-state index contributed by atoms with van der Waals surface area (Å²) in [4.78, 5) is 4.70. The monoisotopic (exact) mass is 211 g/mol. The van der Waals surface area contributed by atoms with E-state index >= 15 is 0 Å². The third-order valence-corrected chi connectivity index (χ3v) is 2.78. The van der Waals surface area contributed by atoms with Gasteiger partial charge in [0.05, 0.1) is 0 Å². The molecule has 0 fully saturated rings. The fraction of sp³-hybridized carbons (Fsp3) is 0.929. The summed E-state index contributed by atoms with van der Waals surface area (Å²) in [6.07, 6.45) is 10.5. The van der Waals surface area contributed by atoms with Gasteiger partial charge in [0.25, 0.3) is 0 Å². The maximum absolute atomic E-state index is 4.70. The van der Waals surface area contributed by atoms with Crippen LogP contribution < -0.4 is 0 Å². The summed E-state index contributed by atoms with van der Waals surface area (Å²) in [5.74, 6) is 0. The zero-order chi connectivity index (χ0) is 11.5. The zero-order valence-corrected chi connectivity index (χ0v) is 11.2. The van der Waals surface area contributed by atoms with Gasteiger partial charge < -0.3 is 0 Å². The molecule has 90 valence electrons. The Morgan fingerprint density at radius 3 is 2.27 bits per heavy atom. The maximum atomic E-state index is 4.70. The van der Waals surface area contributed by atoms with E-state index in [0.29, 0.717) is 6.04 Å². The molecule has 1 unspecified atom stereocenters. The van der Waals surface area contributed by atoms with Crippen LogP contribution in [0.5, 0.6) is 0 Å². The molecule has 1 atom stereocenters. The second-order valence-corrected chi connectivity index (χ2v) is 4.67. The molecule has 1 nitrogen and oxygen atoms in total. The van der Waals surface area contributed by atoms with Crippen molar-refractivity contribution in [2.45, 2.75) is 85.1 Å². The Kier molecular flexibility index (Phi) is 9.97. The van der Waals surface area contributed by atoms with E-state index < -0.39 is 0 Å². The van der Waals surface area contributed by atoms with Crippen molar-refractivity contribution >= 4 is 5.71 Å². The Hall–Kier alpha value is -0.330. The van der Waals surface area contributed by atoms with Crippen molar-refractivity contribution in [2.24, 2.45) is 4.99 Å². The normalized spacial score (nSPS) is 14.3. The number of hydrogen-bond donors (Lipinski definition) is 0. The highest BCUT2D eigenvalue weighted by Gasteiger charge is 1.99. The van der Waals surface area contributed by atoms with Crippen molar-refractivity contribution < 1.29 is 0 Å². The predicted octanol–water partition coefficient (Wildman–Crippen LogP) is 5.00. The van der Waals surface area contributed by atoms with Crippen LogP contribution in [-0.4, -0.2) is 11.8 Å². The Morgan fingerprint density at radius 1 is 1.00 bits per heavy atom. The molecular formula is C14H29N. The minimum Gasteiger partial charge on any atom is -0.291 e. The van der Waals surface area contributed by atoms with Gasteiger partial charge in [0, 0.05) is 11.8 Å². The quantitative estimate of drug-likeness (QED) is 0.376. The van der Waals surface area contributed by atoms with Gasteiger partial charge >= 0.3 is 0 Å². The molecule has 0 aliphatic heterocycles. The van der Waals surface area contributed by atoms with E-state index in [1.54, 1.807) is 0 Å². The predicted molar refractivity (Wildman–Crippen MR) is 70.9 cm³/mol. The molecular weight excluding hydrogens is 182 g/mol. The molecule has 0 radical (unpaired) electrons. The Bertz CT molecular complexity index is 161. The average Bonchev–Trinajstić information content (AvgIpc) is 2.17. The van der Waals surface area contributed by atoms with Gasteiger partial charge in [-0.2, -0.15) is 0 Å². The first-order valence-electron chi connectivity index (χ1n) is 6.74. The fourth-order valence-electron chi connectivity index (χ4n) is 1.91. The highest BCUT2D eigenvalue weighted by Crippen LogP contribution is 2.09. The summed E-state index contributed by atoms with van der Waals surface area (Å²) >= 11 is 0. The van der Waals surface area contributed by atoms with Crippen molar-refractivity contribution in [3.8, 4) is 0 Å². The van der Waals surface area contributed by atoms with Gasteiger partial charge in [-0.25, -0.2) is 0 Å². The lowest BCUT2D eigenvalue weighted by molar-refractivity contribution is 0.563. The number of aliphatic imine (C=N–C) groups is 1. The number of unbranched alkanes of at least 4 members (excludes halogenated alkanes) is 4. The molecule has 0 bridgehead atoms. The van der Waals surface area contributed by atoms with Crippen LogP contribution in [0.2, 0.25) is 0 Å². The van der Waals surface area contributed by atoms with Crippen molar-refractivity contribution in [1.29, 1.82) is 0 Å². The second-order valence-electron chi connectivity index (χ2n) is 4.67. The minimum atomic E-state index is 0.540. The van der Waals surface area contributed by atoms with Gasteiger partial charge in [0.1, 0.15) is 0 Å². The van der Waals surface area contributed by atoms with Crippen LogP contribution in [0.15, 0.2) is 4.99 Å². The topological polar surface area (TPSA) is 12.4 Å². The summed E-state index contributed by atoms with van der Waals surface area (Å²) in [6.45, 7) is 8.89. The lowest BCUT2D eigenvalue weighted by Gasteiger charge is -2.08. The lowest BCUT2D eigenvalue weighted by atomic mass is 10.1. The van der Waals surface area contributed by atoms with Gasteiger partial charge in [-0.05, 0) is 26.7 Å². The van der Waals surface area contributed by atoms with E-state index in [2.05, 4.69) is 27.7 Å². The molecule has 0 aliphatic rings. The second kappa shape index (κ2) is 10.2. The molecule has 15 heavy (non-hydrogen) atoms. The van der Waals surface area contributed by atoms with E-state index in [4.69, 9.17) is 4.99 Å². The SMILES string of the molecule is CCCCCCCC(C)N=C(C)CCC. The van der Waals surface area contributed by atoms with Crippen molar-refractivity contribution in [3.63, 3.8) is 0 Å². The van der Waals surface area contributed by atoms with E-state index in [1.807, 2.05) is 0 Å². The van der Waals surface area contributed by atoms with Crippen LogP contribution in [-0.2, 0) is 0 Å². The van der Waals surface area contributed by atoms with Gasteiger partial charge in [-0.15, -0.1) is 0 Å². The molecule has 0 heterocycles. The average molecular weight is 211 g/mol. The van der Waals surface area contributed by atoms with Crippen LogP contribution in [0, 0.1) is 0 Å². The third kappa shape index (κ3) is 9.96. The zero-order valence-electron chi connectivity index (χ0n) is 11.2. The molecule has 0 saturated heterocycles. The first-order valence-corrected chi connectivity index (χ1v) is 6.74. The van der Waals surface area contributed by atoms with Crippen LogP contribution >= 0.6 is 0 Å². The number of nitrogens with zero attached hydrogens (tertiary/aromatic N) is 1. The van der Waals surface area contributed by atoms with Crippen LogP contribution in [0.3, 0.4) is 0 Å². The van der Waals surface area contributed by atoms with Crippen LogP contribution in [0.4, 0.5) is 0 Å². The van der Waals surface area contributed by atoms with E-state index in [1.165, 1.54) is 57.1 Å². The molecule has 0 aromatic carbocycles. The summed E-state index contributed by atoms with van der Waals surface area (Å²) in [5, 5.41) is 0. The standard InChI is InChI=1S/C14H29N/c1-5-7-8-9-10-12-14(4)15-13(3)11-6-2/h14H,5-12H2,1-4H3. The van der Waals surface area contributed by atoms with Crippen molar-refractivity contribution in [2.75, 3.05) is 0 Å². The largest absolute Gasteiger partial charge is 0.291 e. The van der Waals surface area contributed by atoms with Crippen molar-refractivity contribution in [3.05, 3.63) is 0 Å². The highest BCUT2D eigenvalue weighted by molar-refractivity contribution is 5.81. The first-order chi connectivity index (χ1) is 7.20. The Labute approximate surface area is 96.4 Å². The van der Waals surface area contributed by atoms with Gasteiger partial charge in [-0.3, -0.25) is 4.99 Å². The molecule has 0 aromatic rings. The van der Waals surface area contributed by atoms with Gasteiger partial charge in [0.15, 0.2) is 0 Å². The van der Waals surface area contributed by atoms with Gasteiger partial charge in [-0.1, -0.05) is 52.4 Å². The molecule has 0 N–H and O–H groups in total.